The number of rotatable bonds is 3. The van der Waals surface area contributed by atoms with Crippen LogP contribution in [0.5, 0.6) is 0 Å². The molecule has 1 aromatic carbocycles. The fraction of sp³-hybridized carbons (Fsp3) is 0.421. The third kappa shape index (κ3) is 2.60. The molecule has 3 aliphatic carbocycles. The molecule has 3 saturated carbocycles. The summed E-state index contributed by atoms with van der Waals surface area (Å²) in [6.07, 6.45) is 3.25. The van der Waals surface area contributed by atoms with E-state index >= 15 is 0 Å². The second-order valence-electron chi connectivity index (χ2n) is 7.14. The lowest BCUT2D eigenvalue weighted by Gasteiger charge is -2.54. The molecule has 4 unspecified atom stereocenters. The van der Waals surface area contributed by atoms with Gasteiger partial charge in [-0.1, -0.05) is 19.1 Å². The minimum absolute atomic E-state index is 0.00379. The summed E-state index contributed by atoms with van der Waals surface area (Å²) in [6, 6.07) is 10.3. The second kappa shape index (κ2) is 6.14. The Morgan fingerprint density at radius 2 is 1.96 bits per heavy atom. The van der Waals surface area contributed by atoms with Gasteiger partial charge in [-0.05, 0) is 41.7 Å². The Hall–Kier alpha value is -2.99. The van der Waals surface area contributed by atoms with Crippen LogP contribution in [-0.4, -0.2) is 11.2 Å². The lowest BCUT2D eigenvalue weighted by atomic mass is 9.48. The van der Waals surface area contributed by atoms with E-state index in [0.717, 1.165) is 30.3 Å². The standard InChI is InChI=1S/C19H17N3O3/c1-19-7-6-15(16(8-19)13(9-20)10-21)18(17(19)11-23)12-2-4-14(5-3-12)22(24)25/h2-5,11,15,17-18H,6-8H2,1H3. The van der Waals surface area contributed by atoms with Crippen molar-refractivity contribution in [3.8, 4) is 12.1 Å². The van der Waals surface area contributed by atoms with Crippen molar-refractivity contribution in [3.05, 3.63) is 51.1 Å². The van der Waals surface area contributed by atoms with Crippen LogP contribution in [0, 0.1) is 50.0 Å². The van der Waals surface area contributed by atoms with Gasteiger partial charge in [0.25, 0.3) is 5.69 Å². The van der Waals surface area contributed by atoms with Crippen LogP contribution in [0.1, 0.15) is 37.7 Å². The van der Waals surface area contributed by atoms with E-state index in [2.05, 4.69) is 0 Å². The molecule has 0 saturated heterocycles. The van der Waals surface area contributed by atoms with Crippen LogP contribution in [0.4, 0.5) is 5.69 Å². The number of carbonyl (C=O) groups is 1. The van der Waals surface area contributed by atoms with Crippen LogP contribution >= 0.6 is 0 Å². The maximum atomic E-state index is 11.9. The van der Waals surface area contributed by atoms with Crippen molar-refractivity contribution in [2.24, 2.45) is 17.3 Å². The van der Waals surface area contributed by atoms with E-state index in [1.165, 1.54) is 12.1 Å². The summed E-state index contributed by atoms with van der Waals surface area (Å²) in [7, 11) is 0. The Bertz CT molecular complexity index is 828. The predicted molar refractivity (Wildman–Crippen MR) is 89.1 cm³/mol. The molecule has 6 nitrogen and oxygen atoms in total. The monoisotopic (exact) mass is 335 g/mol. The van der Waals surface area contributed by atoms with Crippen molar-refractivity contribution < 1.29 is 9.72 Å². The van der Waals surface area contributed by atoms with Crippen molar-refractivity contribution in [1.29, 1.82) is 10.5 Å². The number of carbonyl (C=O) groups excluding carboxylic acids is 1. The lowest BCUT2D eigenvalue weighted by molar-refractivity contribution is -0.384. The number of benzene rings is 1. The van der Waals surface area contributed by atoms with Gasteiger partial charge in [0.1, 0.15) is 24.0 Å². The number of nitro groups is 1. The zero-order valence-electron chi connectivity index (χ0n) is 13.8. The molecular formula is C19H17N3O3. The van der Waals surface area contributed by atoms with E-state index in [-0.39, 0.29) is 34.4 Å². The first-order chi connectivity index (χ1) is 11.9. The minimum Gasteiger partial charge on any atom is -0.303 e. The molecule has 3 fully saturated rings. The highest BCUT2D eigenvalue weighted by Gasteiger charge is 2.53. The highest BCUT2D eigenvalue weighted by Crippen LogP contribution is 2.61. The highest BCUT2D eigenvalue weighted by atomic mass is 16.6. The molecule has 25 heavy (non-hydrogen) atoms. The second-order valence-corrected chi connectivity index (χ2v) is 7.14. The van der Waals surface area contributed by atoms with Crippen molar-refractivity contribution in [1.82, 2.24) is 0 Å². The van der Waals surface area contributed by atoms with E-state index in [0.29, 0.717) is 6.42 Å². The van der Waals surface area contributed by atoms with Crippen LogP contribution < -0.4 is 0 Å². The van der Waals surface area contributed by atoms with Gasteiger partial charge in [0.2, 0.25) is 0 Å². The van der Waals surface area contributed by atoms with E-state index in [9.17, 15) is 25.4 Å². The van der Waals surface area contributed by atoms with Gasteiger partial charge in [0.15, 0.2) is 0 Å². The maximum absolute atomic E-state index is 11.9. The molecular weight excluding hydrogens is 318 g/mol. The molecule has 3 aliphatic rings. The molecule has 4 rings (SSSR count). The van der Waals surface area contributed by atoms with Gasteiger partial charge in [-0.3, -0.25) is 10.1 Å². The third-order valence-electron chi connectivity index (χ3n) is 5.87. The van der Waals surface area contributed by atoms with Gasteiger partial charge in [-0.2, -0.15) is 10.5 Å². The summed E-state index contributed by atoms with van der Waals surface area (Å²) in [5.74, 6) is -0.430. The summed E-state index contributed by atoms with van der Waals surface area (Å²) >= 11 is 0. The number of aldehydes is 1. The number of hydrogen-bond donors (Lipinski definition) is 0. The Balaban J connectivity index is 2.12. The topological polar surface area (TPSA) is 108 Å². The number of nitrogens with zero attached hydrogens (tertiary/aromatic N) is 3. The normalized spacial score (nSPS) is 30.2. The molecule has 1 aromatic rings. The van der Waals surface area contributed by atoms with Gasteiger partial charge in [0, 0.05) is 24.0 Å². The summed E-state index contributed by atoms with van der Waals surface area (Å²) in [6.45, 7) is 2.03. The predicted octanol–water partition coefficient (Wildman–Crippen LogP) is 3.66. The molecule has 0 N–H and O–H groups in total. The first-order valence-electron chi connectivity index (χ1n) is 8.18. The largest absolute Gasteiger partial charge is 0.303 e. The van der Waals surface area contributed by atoms with E-state index < -0.39 is 4.92 Å². The number of non-ortho nitro benzene ring substituents is 1. The van der Waals surface area contributed by atoms with Crippen molar-refractivity contribution in [2.45, 2.75) is 32.1 Å². The van der Waals surface area contributed by atoms with Crippen LogP contribution in [0.15, 0.2) is 35.4 Å². The van der Waals surface area contributed by atoms with Gasteiger partial charge in [-0.25, -0.2) is 0 Å². The van der Waals surface area contributed by atoms with Crippen molar-refractivity contribution in [3.63, 3.8) is 0 Å². The van der Waals surface area contributed by atoms with Gasteiger partial charge < -0.3 is 4.79 Å². The average Bonchev–Trinajstić information content (AvgIpc) is 2.62. The molecule has 0 amide bonds. The Morgan fingerprint density at radius 3 is 2.48 bits per heavy atom. The average molecular weight is 335 g/mol. The number of allylic oxidation sites excluding steroid dienone is 2. The quantitative estimate of drug-likeness (QED) is 0.362. The van der Waals surface area contributed by atoms with Crippen LogP contribution in [-0.2, 0) is 4.79 Å². The zero-order chi connectivity index (χ0) is 18.2. The maximum Gasteiger partial charge on any atom is 0.269 e. The smallest absolute Gasteiger partial charge is 0.269 e. The molecule has 4 atom stereocenters. The fourth-order valence-electron chi connectivity index (χ4n) is 4.63. The Labute approximate surface area is 145 Å². The third-order valence-corrected chi connectivity index (χ3v) is 5.87. The number of nitriles is 2. The molecule has 2 bridgehead atoms. The summed E-state index contributed by atoms with van der Waals surface area (Å²) in [4.78, 5) is 22.3. The van der Waals surface area contributed by atoms with Crippen molar-refractivity contribution in [2.75, 3.05) is 0 Å². The first kappa shape index (κ1) is 16.9. The number of nitro benzene ring substituents is 1. The van der Waals surface area contributed by atoms with Crippen molar-refractivity contribution >= 4 is 12.0 Å². The van der Waals surface area contributed by atoms with E-state index in [4.69, 9.17) is 0 Å². The number of fused-ring (bicyclic) bond motifs is 3. The summed E-state index contributed by atoms with van der Waals surface area (Å²) in [5, 5.41) is 29.5. The Morgan fingerprint density at radius 1 is 1.32 bits per heavy atom. The Kier molecular flexibility index (Phi) is 4.14. The molecule has 0 heterocycles. The van der Waals surface area contributed by atoms with Gasteiger partial charge in [0.05, 0.1) is 4.92 Å². The minimum atomic E-state index is -0.454. The molecule has 0 spiro atoms. The SMILES string of the molecule is CC12CCC(C(=C(C#N)C#N)C1)C(c1ccc([N+](=O)[O-])cc1)C2C=O. The first-order valence-corrected chi connectivity index (χ1v) is 8.18. The molecule has 0 aliphatic heterocycles. The fourth-order valence-corrected chi connectivity index (χ4v) is 4.63. The van der Waals surface area contributed by atoms with Crippen LogP contribution in [0.2, 0.25) is 0 Å². The van der Waals surface area contributed by atoms with Crippen LogP contribution in [0.3, 0.4) is 0 Å². The van der Waals surface area contributed by atoms with E-state index in [1.807, 2.05) is 19.1 Å². The lowest BCUT2D eigenvalue weighted by Crippen LogP contribution is -2.47. The molecule has 126 valence electrons. The molecule has 0 radical (unpaired) electrons. The summed E-state index contributed by atoms with van der Waals surface area (Å²) in [5.41, 5.74) is 1.54. The zero-order valence-corrected chi connectivity index (χ0v) is 13.8. The van der Waals surface area contributed by atoms with Gasteiger partial charge in [-0.15, -0.1) is 0 Å². The van der Waals surface area contributed by atoms with E-state index in [1.54, 1.807) is 12.1 Å². The van der Waals surface area contributed by atoms with Gasteiger partial charge >= 0.3 is 0 Å². The van der Waals surface area contributed by atoms with Crippen LogP contribution in [0.25, 0.3) is 0 Å². The highest BCUT2D eigenvalue weighted by molar-refractivity contribution is 5.61. The number of hydrogen-bond acceptors (Lipinski definition) is 5. The molecule has 6 heteroatoms. The molecule has 0 aromatic heterocycles. The summed E-state index contributed by atoms with van der Waals surface area (Å²) < 4.78 is 0.